The normalized spacial score (nSPS) is 18.4. The van der Waals surface area contributed by atoms with Crippen molar-refractivity contribution in [3.8, 4) is 0 Å². The maximum Gasteiger partial charge on any atom is 0.335 e. The van der Waals surface area contributed by atoms with Gasteiger partial charge < -0.3 is 39.0 Å². The quantitative estimate of drug-likeness (QED) is 0.0228. The SMILES string of the molecule is CC/C=C\C/C=C\C/C=C\C/C=C\C/C=C\C/C=C\CCC(=O)OCC(COC1OC(C(=O)O)C(O)C(O)C1OC(=O)CCCCCCCCC/C=C\CCCCCCCC)OC(=O)CCCCC/C=C\C/C=C\C/C=C\C/C=C\C/C=C\CC. The van der Waals surface area contributed by atoms with Gasteiger partial charge >= 0.3 is 23.9 Å². The molecule has 12 heteroatoms. The molecular formula is C73H114O12. The first-order valence-electron chi connectivity index (χ1n) is 32.8. The Labute approximate surface area is 514 Å². The number of carbonyl (C=O) groups is 4. The molecule has 0 aromatic rings. The highest BCUT2D eigenvalue weighted by molar-refractivity contribution is 5.74. The molecule has 1 heterocycles. The lowest BCUT2D eigenvalue weighted by molar-refractivity contribution is -0.301. The second-order valence-electron chi connectivity index (χ2n) is 21.6. The third kappa shape index (κ3) is 48.4. The Kier molecular flexibility index (Phi) is 53.8. The number of aliphatic hydroxyl groups excluding tert-OH is 2. The van der Waals surface area contributed by atoms with Crippen molar-refractivity contribution in [1.29, 1.82) is 0 Å². The molecule has 0 aromatic carbocycles. The molecule has 1 fully saturated rings. The average Bonchev–Trinajstić information content (AvgIpc) is 3.46. The van der Waals surface area contributed by atoms with E-state index in [1.807, 2.05) is 12.2 Å². The predicted octanol–water partition coefficient (Wildman–Crippen LogP) is 17.9. The Balaban J connectivity index is 2.75. The van der Waals surface area contributed by atoms with Crippen LogP contribution < -0.4 is 0 Å². The molecule has 478 valence electrons. The third-order valence-corrected chi connectivity index (χ3v) is 13.9. The zero-order chi connectivity index (χ0) is 61.7. The van der Waals surface area contributed by atoms with Gasteiger partial charge in [-0.2, -0.15) is 0 Å². The van der Waals surface area contributed by atoms with E-state index in [1.54, 1.807) is 0 Å². The average molecular weight is 1180 g/mol. The zero-order valence-electron chi connectivity index (χ0n) is 52.8. The molecule has 0 radical (unpaired) electrons. The monoisotopic (exact) mass is 1180 g/mol. The van der Waals surface area contributed by atoms with Gasteiger partial charge in [0.1, 0.15) is 18.8 Å². The number of unbranched alkanes of at least 4 members (excludes halogenated alkanes) is 16. The van der Waals surface area contributed by atoms with Gasteiger partial charge in [-0.25, -0.2) is 4.79 Å². The largest absolute Gasteiger partial charge is 0.479 e. The third-order valence-electron chi connectivity index (χ3n) is 13.9. The van der Waals surface area contributed by atoms with Crippen LogP contribution in [0.25, 0.3) is 0 Å². The molecule has 1 aliphatic rings. The molecular weight excluding hydrogens is 1070 g/mol. The number of carboxylic acids is 1. The smallest absolute Gasteiger partial charge is 0.335 e. The number of hydrogen-bond donors (Lipinski definition) is 3. The summed E-state index contributed by atoms with van der Waals surface area (Å²) in [4.78, 5) is 51.3. The number of esters is 3. The van der Waals surface area contributed by atoms with Crippen molar-refractivity contribution in [2.45, 2.75) is 276 Å². The molecule has 85 heavy (non-hydrogen) atoms. The van der Waals surface area contributed by atoms with E-state index in [9.17, 15) is 34.5 Å². The van der Waals surface area contributed by atoms with Crippen molar-refractivity contribution in [1.82, 2.24) is 0 Å². The van der Waals surface area contributed by atoms with Crippen molar-refractivity contribution in [2.75, 3.05) is 13.2 Å². The van der Waals surface area contributed by atoms with Crippen molar-refractivity contribution >= 4 is 23.9 Å². The highest BCUT2D eigenvalue weighted by Gasteiger charge is 2.50. The van der Waals surface area contributed by atoms with E-state index in [0.717, 1.165) is 135 Å². The van der Waals surface area contributed by atoms with E-state index in [1.165, 1.54) is 38.5 Å². The van der Waals surface area contributed by atoms with Crippen LogP contribution >= 0.6 is 0 Å². The summed E-state index contributed by atoms with van der Waals surface area (Å²) in [5.41, 5.74) is 0. The van der Waals surface area contributed by atoms with Crippen LogP contribution in [0.3, 0.4) is 0 Å². The Morgan fingerprint density at radius 3 is 1.20 bits per heavy atom. The number of carboxylic acid groups (broad SMARTS) is 1. The van der Waals surface area contributed by atoms with E-state index in [4.69, 9.17) is 23.7 Å². The number of aliphatic carboxylic acids is 1. The van der Waals surface area contributed by atoms with Crippen molar-refractivity contribution < 1.29 is 58.2 Å². The van der Waals surface area contributed by atoms with Crippen molar-refractivity contribution in [3.63, 3.8) is 0 Å². The summed E-state index contributed by atoms with van der Waals surface area (Å²) in [5.74, 6) is -3.30. The Morgan fingerprint density at radius 2 is 0.765 bits per heavy atom. The minimum atomic E-state index is -1.93. The van der Waals surface area contributed by atoms with Gasteiger partial charge in [-0.3, -0.25) is 14.4 Å². The van der Waals surface area contributed by atoms with Gasteiger partial charge in [-0.15, -0.1) is 0 Å². The second-order valence-corrected chi connectivity index (χ2v) is 21.6. The fourth-order valence-corrected chi connectivity index (χ4v) is 8.94. The Hall–Kier alpha value is -5.40. The molecule has 0 spiro atoms. The van der Waals surface area contributed by atoms with Gasteiger partial charge in [0.25, 0.3) is 0 Å². The minimum Gasteiger partial charge on any atom is -0.479 e. The minimum absolute atomic E-state index is 0.0366. The molecule has 0 saturated carbocycles. The first-order valence-corrected chi connectivity index (χ1v) is 32.8. The first-order chi connectivity index (χ1) is 41.6. The van der Waals surface area contributed by atoms with E-state index in [2.05, 4.69) is 154 Å². The van der Waals surface area contributed by atoms with E-state index < -0.39 is 67.3 Å². The van der Waals surface area contributed by atoms with E-state index in [-0.39, 0.29) is 25.9 Å². The lowest BCUT2D eigenvalue weighted by Gasteiger charge is -2.40. The molecule has 6 atom stereocenters. The number of aliphatic hydroxyl groups is 2. The maximum absolute atomic E-state index is 13.2. The predicted molar refractivity (Wildman–Crippen MR) is 349 cm³/mol. The van der Waals surface area contributed by atoms with Crippen molar-refractivity contribution in [3.05, 3.63) is 146 Å². The molecule has 0 bridgehead atoms. The number of rotatable bonds is 54. The molecule has 12 nitrogen and oxygen atoms in total. The Morgan fingerprint density at radius 1 is 0.400 bits per heavy atom. The highest BCUT2D eigenvalue weighted by atomic mass is 16.7. The van der Waals surface area contributed by atoms with Crippen LogP contribution in [0.2, 0.25) is 0 Å². The van der Waals surface area contributed by atoms with Crippen molar-refractivity contribution in [2.24, 2.45) is 0 Å². The van der Waals surface area contributed by atoms with Crippen LogP contribution in [0.15, 0.2) is 146 Å². The maximum atomic E-state index is 13.2. The van der Waals surface area contributed by atoms with Gasteiger partial charge in [0.2, 0.25) is 0 Å². The van der Waals surface area contributed by atoms with E-state index >= 15 is 0 Å². The van der Waals surface area contributed by atoms with Gasteiger partial charge in [-0.1, -0.05) is 237 Å². The summed E-state index contributed by atoms with van der Waals surface area (Å²) >= 11 is 0. The molecule has 1 aliphatic heterocycles. The lowest BCUT2D eigenvalue weighted by atomic mass is 9.98. The van der Waals surface area contributed by atoms with E-state index in [0.29, 0.717) is 25.7 Å². The topological polar surface area (TPSA) is 175 Å². The standard InChI is InChI=1S/C73H114O12/c1-4-7-10-13-16-19-22-25-28-31-33-36-38-41-44-47-50-53-56-59-65(74)81-62-64(83-66(75)60-57-54-51-48-45-42-40-37-34-32-29-26-23-20-17-14-11-8-5-2)63-82-73-71(69(78)68(77)70(85-73)72(79)80)84-67(76)61-58-55-52-49-46-43-39-35-30-27-24-21-18-15-12-9-6-3/h7-8,10-11,16-17,19-20,25-30,33-34,36-37,41-42,44-45,50,53,64,68-71,73,77-78H,4-6,9,12-15,18,21-24,31-32,35,38-40,43,46-49,51-52,54-63H2,1-3H3,(H,79,80)/b10-7-,11-8-,19-16-,20-17-,28-25-,29-26-,30-27-,36-33-,37-34-,44-41-,45-42-,53-50-. The Bertz CT molecular complexity index is 2030. The zero-order valence-corrected chi connectivity index (χ0v) is 52.8. The summed E-state index contributed by atoms with van der Waals surface area (Å²) in [6.07, 6.45) is 72.4. The lowest BCUT2D eigenvalue weighted by Crippen LogP contribution is -2.61. The van der Waals surface area contributed by atoms with Gasteiger partial charge in [0.15, 0.2) is 24.6 Å². The fourth-order valence-electron chi connectivity index (χ4n) is 8.94. The van der Waals surface area contributed by atoms with Gasteiger partial charge in [0.05, 0.1) is 6.61 Å². The molecule has 1 saturated heterocycles. The second kappa shape index (κ2) is 59.0. The summed E-state index contributed by atoms with van der Waals surface area (Å²) in [6, 6.07) is 0. The summed E-state index contributed by atoms with van der Waals surface area (Å²) in [5, 5.41) is 31.6. The summed E-state index contributed by atoms with van der Waals surface area (Å²) in [6.45, 7) is 5.68. The molecule has 0 amide bonds. The molecule has 0 aliphatic carbocycles. The molecule has 3 N–H and O–H groups in total. The van der Waals surface area contributed by atoms with Gasteiger partial charge in [-0.05, 0) is 128 Å². The molecule has 1 rings (SSSR count). The molecule has 0 aromatic heterocycles. The number of allylic oxidation sites excluding steroid dienone is 24. The van der Waals surface area contributed by atoms with Crippen LogP contribution in [-0.2, 0) is 42.9 Å². The van der Waals surface area contributed by atoms with Crippen LogP contribution in [0.4, 0.5) is 0 Å². The fraction of sp³-hybridized carbons (Fsp3) is 0.616. The number of ether oxygens (including phenoxy) is 5. The van der Waals surface area contributed by atoms with Gasteiger partial charge in [0, 0.05) is 19.3 Å². The van der Waals surface area contributed by atoms with Crippen LogP contribution in [0.5, 0.6) is 0 Å². The van der Waals surface area contributed by atoms with Crippen LogP contribution in [0.1, 0.15) is 239 Å². The summed E-state index contributed by atoms with van der Waals surface area (Å²) < 4.78 is 28.4. The number of carbonyl (C=O) groups excluding carboxylic acids is 3. The first kappa shape index (κ1) is 77.6. The number of hydrogen-bond acceptors (Lipinski definition) is 11. The highest BCUT2D eigenvalue weighted by Crippen LogP contribution is 2.26. The summed E-state index contributed by atoms with van der Waals surface area (Å²) in [7, 11) is 0. The van der Waals surface area contributed by atoms with Crippen LogP contribution in [0, 0.1) is 0 Å². The molecule has 6 unspecified atom stereocenters. The van der Waals surface area contributed by atoms with Crippen LogP contribution in [-0.4, -0.2) is 89.2 Å².